The molecule has 0 radical (unpaired) electrons. The Balaban J connectivity index is 2.57. The predicted molar refractivity (Wildman–Crippen MR) is 87.4 cm³/mol. The van der Waals surface area contributed by atoms with Crippen LogP contribution in [0.25, 0.3) is 0 Å². The van der Waals surface area contributed by atoms with Crippen LogP contribution in [0.2, 0.25) is 0 Å². The maximum Gasteiger partial charge on any atom is 0.196 e. The topological polar surface area (TPSA) is 29.1 Å². The van der Waals surface area contributed by atoms with Gasteiger partial charge in [0.1, 0.15) is 0 Å². The first-order chi connectivity index (χ1) is 9.36. The van der Waals surface area contributed by atoms with Gasteiger partial charge in [-0.1, -0.05) is 0 Å². The SMILES string of the molecule is CNc1sc(C)c(C)c1C(=O)c1cc(C)c(C)c(C)c1. The second-order valence-electron chi connectivity index (χ2n) is 5.30. The van der Waals surface area contributed by atoms with E-state index in [0.29, 0.717) is 0 Å². The standard InChI is InChI=1S/C17H21NOS/c1-9-7-14(8-10(2)11(9)3)16(19)15-12(4)13(5)20-17(15)18-6/h7-8,18H,1-6H3. The minimum Gasteiger partial charge on any atom is -0.379 e. The summed E-state index contributed by atoms with van der Waals surface area (Å²) in [5.41, 5.74) is 6.28. The van der Waals surface area contributed by atoms with Crippen LogP contribution in [0.1, 0.15) is 43.1 Å². The fourth-order valence-electron chi connectivity index (χ4n) is 2.39. The Morgan fingerprint density at radius 2 is 1.55 bits per heavy atom. The van der Waals surface area contributed by atoms with Gasteiger partial charge in [0.25, 0.3) is 0 Å². The molecule has 2 aromatic rings. The lowest BCUT2D eigenvalue weighted by Crippen LogP contribution is -2.06. The third-order valence-corrected chi connectivity index (χ3v) is 5.25. The minimum absolute atomic E-state index is 0.113. The van der Waals surface area contributed by atoms with Crippen LogP contribution in [0.4, 0.5) is 5.00 Å². The van der Waals surface area contributed by atoms with E-state index in [1.54, 1.807) is 11.3 Å². The molecule has 0 spiro atoms. The molecule has 2 nitrogen and oxygen atoms in total. The average Bonchev–Trinajstić information content (AvgIpc) is 2.70. The van der Waals surface area contributed by atoms with Gasteiger partial charge >= 0.3 is 0 Å². The Kier molecular flexibility index (Phi) is 4.00. The number of hydrogen-bond donors (Lipinski definition) is 1. The van der Waals surface area contributed by atoms with E-state index in [1.165, 1.54) is 21.6 Å². The minimum atomic E-state index is 0.113. The first kappa shape index (κ1) is 14.8. The Hall–Kier alpha value is -1.61. The van der Waals surface area contributed by atoms with Crippen molar-refractivity contribution in [2.75, 3.05) is 12.4 Å². The first-order valence-corrected chi connectivity index (χ1v) is 7.58. The quantitative estimate of drug-likeness (QED) is 0.838. The monoisotopic (exact) mass is 287 g/mol. The van der Waals surface area contributed by atoms with E-state index < -0.39 is 0 Å². The molecule has 0 aliphatic heterocycles. The average molecular weight is 287 g/mol. The predicted octanol–water partition coefficient (Wildman–Crippen LogP) is 4.56. The van der Waals surface area contributed by atoms with E-state index in [9.17, 15) is 4.79 Å². The smallest absolute Gasteiger partial charge is 0.196 e. The molecule has 2 rings (SSSR count). The lowest BCUT2D eigenvalue weighted by molar-refractivity contribution is 0.103. The molecule has 106 valence electrons. The van der Waals surface area contributed by atoms with Crippen LogP contribution in [0, 0.1) is 34.6 Å². The van der Waals surface area contributed by atoms with Crippen LogP contribution in [0.15, 0.2) is 12.1 Å². The molecule has 3 heteroatoms. The van der Waals surface area contributed by atoms with Crippen LogP contribution in [-0.2, 0) is 0 Å². The molecule has 1 aromatic heterocycles. The Morgan fingerprint density at radius 3 is 2.05 bits per heavy atom. The number of carbonyl (C=O) groups is 1. The first-order valence-electron chi connectivity index (χ1n) is 6.77. The molecule has 0 aliphatic rings. The van der Waals surface area contributed by atoms with E-state index in [-0.39, 0.29) is 5.78 Å². The second-order valence-corrected chi connectivity index (χ2v) is 6.53. The number of hydrogen-bond acceptors (Lipinski definition) is 3. The van der Waals surface area contributed by atoms with E-state index in [2.05, 4.69) is 33.0 Å². The lowest BCUT2D eigenvalue weighted by atomic mass is 9.95. The van der Waals surface area contributed by atoms with Crippen molar-refractivity contribution in [2.45, 2.75) is 34.6 Å². The molecular formula is C17H21NOS. The van der Waals surface area contributed by atoms with Gasteiger partial charge in [-0.3, -0.25) is 4.79 Å². The molecule has 0 aliphatic carbocycles. The molecule has 1 heterocycles. The lowest BCUT2D eigenvalue weighted by Gasteiger charge is -2.10. The summed E-state index contributed by atoms with van der Waals surface area (Å²) in [6.45, 7) is 10.3. The van der Waals surface area contributed by atoms with Crippen LogP contribution in [-0.4, -0.2) is 12.8 Å². The molecule has 0 amide bonds. The zero-order valence-corrected chi connectivity index (χ0v) is 13.8. The highest BCUT2D eigenvalue weighted by Gasteiger charge is 2.20. The molecule has 0 saturated heterocycles. The number of rotatable bonds is 3. The number of nitrogens with one attached hydrogen (secondary N) is 1. The van der Waals surface area contributed by atoms with Gasteiger partial charge in [0.05, 0.1) is 10.6 Å². The number of aryl methyl sites for hydroxylation is 3. The molecule has 1 aromatic carbocycles. The summed E-state index contributed by atoms with van der Waals surface area (Å²) in [5.74, 6) is 0.113. The van der Waals surface area contributed by atoms with Crippen molar-refractivity contribution < 1.29 is 4.79 Å². The third-order valence-electron chi connectivity index (χ3n) is 4.03. The molecule has 0 bridgehead atoms. The normalized spacial score (nSPS) is 10.7. The summed E-state index contributed by atoms with van der Waals surface area (Å²) in [4.78, 5) is 14.0. The number of benzene rings is 1. The van der Waals surface area contributed by atoms with E-state index in [4.69, 9.17) is 0 Å². The largest absolute Gasteiger partial charge is 0.379 e. The zero-order valence-electron chi connectivity index (χ0n) is 13.0. The molecule has 20 heavy (non-hydrogen) atoms. The van der Waals surface area contributed by atoms with Crippen molar-refractivity contribution in [1.29, 1.82) is 0 Å². The van der Waals surface area contributed by atoms with Crippen molar-refractivity contribution in [1.82, 2.24) is 0 Å². The molecule has 0 unspecified atom stereocenters. The summed E-state index contributed by atoms with van der Waals surface area (Å²) in [7, 11) is 1.87. The van der Waals surface area contributed by atoms with E-state index >= 15 is 0 Å². The molecular weight excluding hydrogens is 266 g/mol. The molecule has 1 N–H and O–H groups in total. The van der Waals surface area contributed by atoms with Gasteiger partial charge in [-0.15, -0.1) is 11.3 Å². The summed E-state index contributed by atoms with van der Waals surface area (Å²) >= 11 is 1.64. The maximum atomic E-state index is 12.8. The summed E-state index contributed by atoms with van der Waals surface area (Å²) in [5, 5.41) is 4.11. The van der Waals surface area contributed by atoms with Gasteiger partial charge in [-0.05, 0) is 69.0 Å². The molecule has 0 fully saturated rings. The highest BCUT2D eigenvalue weighted by Crippen LogP contribution is 2.34. The fraction of sp³-hybridized carbons (Fsp3) is 0.353. The highest BCUT2D eigenvalue weighted by atomic mass is 32.1. The Morgan fingerprint density at radius 1 is 1.00 bits per heavy atom. The van der Waals surface area contributed by atoms with Crippen molar-refractivity contribution in [2.24, 2.45) is 0 Å². The third kappa shape index (κ3) is 2.38. The van der Waals surface area contributed by atoms with Crippen LogP contribution < -0.4 is 5.32 Å². The van der Waals surface area contributed by atoms with Crippen LogP contribution in [0.3, 0.4) is 0 Å². The maximum absolute atomic E-state index is 12.8. The van der Waals surface area contributed by atoms with Gasteiger partial charge in [-0.2, -0.15) is 0 Å². The van der Waals surface area contributed by atoms with Crippen molar-refractivity contribution >= 4 is 22.1 Å². The van der Waals surface area contributed by atoms with Crippen molar-refractivity contribution in [3.05, 3.63) is 50.4 Å². The summed E-state index contributed by atoms with van der Waals surface area (Å²) in [6.07, 6.45) is 0. The van der Waals surface area contributed by atoms with Gasteiger partial charge in [-0.25, -0.2) is 0 Å². The number of anilines is 1. The Labute approximate surface area is 124 Å². The molecule has 0 saturated carbocycles. The Bertz CT molecular complexity index is 660. The summed E-state index contributed by atoms with van der Waals surface area (Å²) in [6, 6.07) is 3.99. The highest BCUT2D eigenvalue weighted by molar-refractivity contribution is 7.16. The van der Waals surface area contributed by atoms with E-state index in [1.807, 2.05) is 26.1 Å². The van der Waals surface area contributed by atoms with Crippen LogP contribution >= 0.6 is 11.3 Å². The number of ketones is 1. The second kappa shape index (κ2) is 5.41. The fourth-order valence-corrected chi connectivity index (χ4v) is 3.40. The zero-order chi connectivity index (χ0) is 15.0. The number of carbonyl (C=O) groups excluding carboxylic acids is 1. The van der Waals surface area contributed by atoms with Gasteiger partial charge in [0.2, 0.25) is 0 Å². The number of thiophene rings is 1. The van der Waals surface area contributed by atoms with Gasteiger partial charge < -0.3 is 5.32 Å². The van der Waals surface area contributed by atoms with Crippen LogP contribution in [0.5, 0.6) is 0 Å². The van der Waals surface area contributed by atoms with Gasteiger partial charge in [0, 0.05) is 17.5 Å². The van der Waals surface area contributed by atoms with E-state index in [0.717, 1.165) is 21.7 Å². The van der Waals surface area contributed by atoms with Gasteiger partial charge in [0.15, 0.2) is 5.78 Å². The van der Waals surface area contributed by atoms with Crippen molar-refractivity contribution in [3.8, 4) is 0 Å². The molecule has 0 atom stereocenters. The van der Waals surface area contributed by atoms with Crippen molar-refractivity contribution in [3.63, 3.8) is 0 Å². The summed E-state index contributed by atoms with van der Waals surface area (Å²) < 4.78 is 0.